The predicted octanol–water partition coefficient (Wildman–Crippen LogP) is 0.693. The van der Waals surface area contributed by atoms with Crippen LogP contribution in [0.25, 0.3) is 0 Å². The molecule has 1 nitrogen and oxygen atoms in total. The standard InChI is InChI=1S/C3H3N.Ni/c1-2-3-4;/h2H,1H2;. The number of nitriles is 1. The number of hydrogen-bond donors (Lipinski definition) is 0. The molecule has 0 N–H and O–H groups in total. The third kappa shape index (κ3) is 21.1. The minimum atomic E-state index is 0. The molecule has 5 heavy (non-hydrogen) atoms. The maximum atomic E-state index is 7.51. The number of rotatable bonds is 0. The van der Waals surface area contributed by atoms with Crippen molar-refractivity contribution in [3.05, 3.63) is 12.7 Å². The van der Waals surface area contributed by atoms with E-state index in [1.807, 2.05) is 0 Å². The summed E-state index contributed by atoms with van der Waals surface area (Å²) in [5.41, 5.74) is 0. The summed E-state index contributed by atoms with van der Waals surface area (Å²) < 4.78 is 0. The molecule has 0 heterocycles. The Kier molecular flexibility index (Phi) is 16.4. The van der Waals surface area contributed by atoms with E-state index >= 15 is 0 Å². The van der Waals surface area contributed by atoms with Gasteiger partial charge in [0.1, 0.15) is 0 Å². The van der Waals surface area contributed by atoms with Gasteiger partial charge in [-0.05, 0) is 0 Å². The van der Waals surface area contributed by atoms with E-state index in [9.17, 15) is 0 Å². The van der Waals surface area contributed by atoms with Crippen molar-refractivity contribution in [1.29, 1.82) is 5.26 Å². The molecular formula is C3H3NNi. The molecule has 0 aromatic heterocycles. The van der Waals surface area contributed by atoms with Gasteiger partial charge < -0.3 is 0 Å². The third-order valence-electron chi connectivity index (χ3n) is 0.0913. The van der Waals surface area contributed by atoms with Crippen molar-refractivity contribution in [2.45, 2.75) is 0 Å². The Morgan fingerprint density at radius 2 is 2.00 bits per heavy atom. The first-order chi connectivity index (χ1) is 1.91. The van der Waals surface area contributed by atoms with Crippen LogP contribution in [0.4, 0.5) is 0 Å². The van der Waals surface area contributed by atoms with Crippen LogP contribution in [0.15, 0.2) is 12.7 Å². The van der Waals surface area contributed by atoms with Crippen molar-refractivity contribution >= 4 is 0 Å². The summed E-state index contributed by atoms with van der Waals surface area (Å²) in [6.07, 6.45) is 1.18. The fraction of sp³-hybridized carbons (Fsp3) is 0. The molecule has 0 rings (SSSR count). The second-order valence-corrected chi connectivity index (χ2v) is 0.333. The summed E-state index contributed by atoms with van der Waals surface area (Å²) in [5, 5.41) is 7.51. The van der Waals surface area contributed by atoms with Crippen molar-refractivity contribution in [2.24, 2.45) is 0 Å². The van der Waals surface area contributed by atoms with Gasteiger partial charge in [-0.2, -0.15) is 5.26 Å². The fourth-order valence-corrected chi connectivity index (χ4v) is 0. The van der Waals surface area contributed by atoms with E-state index in [0.29, 0.717) is 0 Å². The average molecular weight is 112 g/mol. The molecule has 0 bridgehead atoms. The van der Waals surface area contributed by atoms with Gasteiger partial charge in [0, 0.05) is 22.6 Å². The first-order valence-electron chi connectivity index (χ1n) is 0.921. The molecule has 0 aromatic rings. The summed E-state index contributed by atoms with van der Waals surface area (Å²) in [5.74, 6) is 0. The zero-order valence-electron chi connectivity index (χ0n) is 2.55. The molecule has 0 aliphatic heterocycles. The molecule has 0 fully saturated rings. The van der Waals surface area contributed by atoms with Gasteiger partial charge in [-0.1, -0.05) is 6.58 Å². The van der Waals surface area contributed by atoms with Crippen LogP contribution < -0.4 is 0 Å². The maximum absolute atomic E-state index is 7.51. The van der Waals surface area contributed by atoms with E-state index in [2.05, 4.69) is 6.58 Å². The molecule has 0 saturated heterocycles. The zero-order valence-corrected chi connectivity index (χ0v) is 3.54. The molecule has 30 valence electrons. The smallest absolute Gasteiger partial charge is 0.0905 e. The summed E-state index contributed by atoms with van der Waals surface area (Å²) in [6, 6.07) is 1.69. The zero-order chi connectivity index (χ0) is 3.41. The third-order valence-corrected chi connectivity index (χ3v) is 0.0913. The normalized spacial score (nSPS) is 3.00. The summed E-state index contributed by atoms with van der Waals surface area (Å²) in [6.45, 7) is 3.12. The Labute approximate surface area is 41.2 Å². The predicted molar refractivity (Wildman–Crippen MR) is 15.8 cm³/mol. The fourth-order valence-electron chi connectivity index (χ4n) is 0. The molecule has 2 heteroatoms. The molecule has 0 aliphatic rings. The van der Waals surface area contributed by atoms with E-state index < -0.39 is 0 Å². The summed E-state index contributed by atoms with van der Waals surface area (Å²) in [4.78, 5) is 0. The molecule has 0 radical (unpaired) electrons. The second kappa shape index (κ2) is 9.30. The molecule has 0 atom stereocenters. The number of allylic oxidation sites excluding steroid dienone is 1. The van der Waals surface area contributed by atoms with Crippen LogP contribution in [0, 0.1) is 11.3 Å². The van der Waals surface area contributed by atoms with Crippen LogP contribution in [-0.4, -0.2) is 0 Å². The first kappa shape index (κ1) is 8.83. The van der Waals surface area contributed by atoms with Gasteiger partial charge in [0.05, 0.1) is 6.07 Å². The summed E-state index contributed by atoms with van der Waals surface area (Å²) >= 11 is 0. The number of hydrogen-bond acceptors (Lipinski definition) is 1. The minimum Gasteiger partial charge on any atom is -0.193 e. The maximum Gasteiger partial charge on any atom is 0.0905 e. The topological polar surface area (TPSA) is 23.8 Å². The van der Waals surface area contributed by atoms with Gasteiger partial charge in [-0.15, -0.1) is 0 Å². The van der Waals surface area contributed by atoms with E-state index in [4.69, 9.17) is 5.26 Å². The SMILES string of the molecule is C=CC#N.[Ni]. The van der Waals surface area contributed by atoms with Gasteiger partial charge in [0.25, 0.3) is 0 Å². The van der Waals surface area contributed by atoms with Crippen molar-refractivity contribution in [3.63, 3.8) is 0 Å². The van der Waals surface area contributed by atoms with E-state index in [-0.39, 0.29) is 16.5 Å². The van der Waals surface area contributed by atoms with Crippen molar-refractivity contribution in [2.75, 3.05) is 0 Å². The van der Waals surface area contributed by atoms with Crippen molar-refractivity contribution in [1.82, 2.24) is 0 Å². The first-order valence-corrected chi connectivity index (χ1v) is 0.921. The van der Waals surface area contributed by atoms with Crippen LogP contribution >= 0.6 is 0 Å². The Morgan fingerprint density at radius 1 is 1.80 bits per heavy atom. The molecule has 0 unspecified atom stereocenters. The van der Waals surface area contributed by atoms with Gasteiger partial charge in [-0.3, -0.25) is 0 Å². The van der Waals surface area contributed by atoms with E-state index in [1.54, 1.807) is 6.07 Å². The molecular weight excluding hydrogens is 109 g/mol. The molecule has 0 spiro atoms. The van der Waals surface area contributed by atoms with Crippen LogP contribution in [0.3, 0.4) is 0 Å². The largest absolute Gasteiger partial charge is 0.193 e. The van der Waals surface area contributed by atoms with Crippen molar-refractivity contribution < 1.29 is 16.5 Å². The quantitative estimate of drug-likeness (QED) is 0.334. The second-order valence-electron chi connectivity index (χ2n) is 0.333. The Morgan fingerprint density at radius 3 is 2.00 bits per heavy atom. The Balaban J connectivity index is 0. The van der Waals surface area contributed by atoms with Gasteiger partial charge in [0.2, 0.25) is 0 Å². The molecule has 0 amide bonds. The van der Waals surface area contributed by atoms with Gasteiger partial charge in [-0.25, -0.2) is 0 Å². The Bertz CT molecular complexity index is 52.4. The number of nitrogens with zero attached hydrogens (tertiary/aromatic N) is 1. The molecule has 0 saturated carbocycles. The summed E-state index contributed by atoms with van der Waals surface area (Å²) in [7, 11) is 0. The van der Waals surface area contributed by atoms with Gasteiger partial charge >= 0.3 is 0 Å². The van der Waals surface area contributed by atoms with Crippen LogP contribution in [0.1, 0.15) is 0 Å². The Hall–Kier alpha value is -0.276. The average Bonchev–Trinajstić information content (AvgIpc) is 1.37. The van der Waals surface area contributed by atoms with E-state index in [1.165, 1.54) is 6.08 Å². The van der Waals surface area contributed by atoms with Crippen LogP contribution in [0.2, 0.25) is 0 Å². The van der Waals surface area contributed by atoms with Crippen molar-refractivity contribution in [3.8, 4) is 6.07 Å². The van der Waals surface area contributed by atoms with Crippen LogP contribution in [-0.2, 0) is 16.5 Å². The molecule has 0 aliphatic carbocycles. The van der Waals surface area contributed by atoms with Gasteiger partial charge in [0.15, 0.2) is 0 Å². The minimum absolute atomic E-state index is 0. The van der Waals surface area contributed by atoms with Crippen LogP contribution in [0.5, 0.6) is 0 Å². The molecule has 0 aromatic carbocycles. The monoisotopic (exact) mass is 111 g/mol. The van der Waals surface area contributed by atoms with E-state index in [0.717, 1.165) is 0 Å².